The number of benzene rings is 1. The number of nitrogens with one attached hydrogen (secondary N) is 1. The highest BCUT2D eigenvalue weighted by atomic mass is 32.1. The van der Waals surface area contributed by atoms with Gasteiger partial charge in [0.15, 0.2) is 17.6 Å². The Labute approximate surface area is 148 Å². The first-order valence-electron chi connectivity index (χ1n) is 8.13. The minimum Gasteiger partial charge on any atom is -0.454 e. The lowest BCUT2D eigenvalue weighted by Crippen LogP contribution is -2.29. The highest BCUT2D eigenvalue weighted by Gasteiger charge is 2.24. The molecule has 1 atom stereocenters. The number of aryl methyl sites for hydroxylation is 2. The first-order valence-corrected chi connectivity index (χ1v) is 8.95. The Bertz CT molecular complexity index is 822. The minimum atomic E-state index is -0.894. The zero-order valence-corrected chi connectivity index (χ0v) is 14.5. The summed E-state index contributed by atoms with van der Waals surface area (Å²) in [6.45, 7) is 1.73. The van der Waals surface area contributed by atoms with E-state index in [9.17, 15) is 9.59 Å². The monoisotopic (exact) mass is 359 g/mol. The van der Waals surface area contributed by atoms with Crippen molar-refractivity contribution >= 4 is 28.9 Å². The average molecular weight is 359 g/mol. The van der Waals surface area contributed by atoms with E-state index in [1.54, 1.807) is 25.1 Å². The zero-order valence-electron chi connectivity index (χ0n) is 13.7. The standard InChI is InChI=1S/C18H17NO5S/c1-10(24-18(21)16-7-11-3-2-4-15(11)25-16)17(20)19-12-5-6-13-14(8-12)23-9-22-13/h5-8,10H,2-4,9H2,1H3,(H,19,20)/t10-/m1/s1. The van der Waals surface area contributed by atoms with Crippen LogP contribution in [0, 0.1) is 0 Å². The fourth-order valence-electron chi connectivity index (χ4n) is 2.92. The van der Waals surface area contributed by atoms with Crippen LogP contribution in [0.1, 0.15) is 33.5 Å². The van der Waals surface area contributed by atoms with Gasteiger partial charge in [0.25, 0.3) is 5.91 Å². The Morgan fingerprint density at radius 3 is 2.88 bits per heavy atom. The Morgan fingerprint density at radius 1 is 1.20 bits per heavy atom. The van der Waals surface area contributed by atoms with Crippen LogP contribution in [-0.2, 0) is 22.4 Å². The highest BCUT2D eigenvalue weighted by Crippen LogP contribution is 2.34. The first kappa shape index (κ1) is 16.0. The Hall–Kier alpha value is -2.54. The minimum absolute atomic E-state index is 0.172. The van der Waals surface area contributed by atoms with Gasteiger partial charge in [0, 0.05) is 16.6 Å². The van der Waals surface area contributed by atoms with Gasteiger partial charge in [-0.2, -0.15) is 0 Å². The zero-order chi connectivity index (χ0) is 17.4. The molecule has 0 saturated carbocycles. The lowest BCUT2D eigenvalue weighted by atomic mass is 10.2. The number of rotatable bonds is 4. The lowest BCUT2D eigenvalue weighted by Gasteiger charge is -2.13. The molecule has 4 rings (SSSR count). The summed E-state index contributed by atoms with van der Waals surface area (Å²) >= 11 is 1.46. The summed E-state index contributed by atoms with van der Waals surface area (Å²) in [6, 6.07) is 7.00. The molecule has 0 spiro atoms. The van der Waals surface area contributed by atoms with Gasteiger partial charge in [-0.05, 0) is 49.9 Å². The second kappa shape index (κ2) is 6.40. The summed E-state index contributed by atoms with van der Waals surface area (Å²) in [7, 11) is 0. The first-order chi connectivity index (χ1) is 12.1. The molecular weight excluding hydrogens is 342 g/mol. The molecule has 2 aromatic rings. The topological polar surface area (TPSA) is 73.9 Å². The molecular formula is C18H17NO5S. The molecule has 1 aliphatic heterocycles. The Balaban J connectivity index is 1.37. The number of hydrogen-bond acceptors (Lipinski definition) is 6. The Kier molecular flexibility index (Phi) is 4.09. The van der Waals surface area contributed by atoms with Crippen molar-refractivity contribution in [2.75, 3.05) is 12.1 Å². The molecule has 1 N–H and O–H groups in total. The van der Waals surface area contributed by atoms with E-state index < -0.39 is 18.0 Å². The molecule has 130 valence electrons. The third-order valence-corrected chi connectivity index (χ3v) is 5.46. The van der Waals surface area contributed by atoms with Crippen LogP contribution in [0.15, 0.2) is 24.3 Å². The van der Waals surface area contributed by atoms with Crippen molar-refractivity contribution in [1.29, 1.82) is 0 Å². The fraction of sp³-hybridized carbons (Fsp3) is 0.333. The van der Waals surface area contributed by atoms with E-state index in [0.717, 1.165) is 19.3 Å². The summed E-state index contributed by atoms with van der Waals surface area (Å²) in [5, 5.41) is 2.72. The summed E-state index contributed by atoms with van der Waals surface area (Å²) in [5.74, 6) is 0.378. The van der Waals surface area contributed by atoms with Crippen LogP contribution in [0.25, 0.3) is 0 Å². The van der Waals surface area contributed by atoms with Crippen molar-refractivity contribution in [2.45, 2.75) is 32.3 Å². The van der Waals surface area contributed by atoms with E-state index >= 15 is 0 Å². The number of ether oxygens (including phenoxy) is 3. The summed E-state index contributed by atoms with van der Waals surface area (Å²) in [4.78, 5) is 26.3. The lowest BCUT2D eigenvalue weighted by molar-refractivity contribution is -0.123. The van der Waals surface area contributed by atoms with E-state index in [-0.39, 0.29) is 6.79 Å². The maximum atomic E-state index is 12.3. The van der Waals surface area contributed by atoms with Crippen molar-refractivity contribution in [3.8, 4) is 11.5 Å². The van der Waals surface area contributed by atoms with Crippen molar-refractivity contribution in [2.24, 2.45) is 0 Å². The third kappa shape index (κ3) is 3.19. The molecule has 0 radical (unpaired) electrons. The SMILES string of the molecule is C[C@@H](OC(=O)c1cc2c(s1)CCC2)C(=O)Nc1ccc2c(c1)OCO2. The maximum absolute atomic E-state index is 12.3. The van der Waals surface area contributed by atoms with Crippen molar-refractivity contribution < 1.29 is 23.8 Å². The summed E-state index contributed by atoms with van der Waals surface area (Å²) < 4.78 is 15.8. The molecule has 0 unspecified atom stereocenters. The molecule has 0 fully saturated rings. The van der Waals surface area contributed by atoms with E-state index in [4.69, 9.17) is 14.2 Å². The summed E-state index contributed by atoms with van der Waals surface area (Å²) in [5.41, 5.74) is 1.79. The number of esters is 1. The summed E-state index contributed by atoms with van der Waals surface area (Å²) in [6.07, 6.45) is 2.28. The molecule has 1 aromatic heterocycles. The third-order valence-electron chi connectivity index (χ3n) is 4.24. The van der Waals surface area contributed by atoms with Crippen LogP contribution in [0.2, 0.25) is 0 Å². The number of carbonyl (C=O) groups is 2. The van der Waals surface area contributed by atoms with Crippen molar-refractivity contribution in [3.05, 3.63) is 39.6 Å². The fourth-order valence-corrected chi connectivity index (χ4v) is 4.06. The van der Waals surface area contributed by atoms with Gasteiger partial charge < -0.3 is 19.5 Å². The number of carbonyl (C=O) groups excluding carboxylic acids is 2. The highest BCUT2D eigenvalue weighted by molar-refractivity contribution is 7.14. The molecule has 1 amide bonds. The van der Waals surface area contributed by atoms with Gasteiger partial charge in [-0.1, -0.05) is 0 Å². The van der Waals surface area contributed by atoms with Crippen LogP contribution in [-0.4, -0.2) is 24.8 Å². The van der Waals surface area contributed by atoms with Crippen molar-refractivity contribution in [3.63, 3.8) is 0 Å². The number of anilines is 1. The second-order valence-corrected chi connectivity index (χ2v) is 7.15. The van der Waals surface area contributed by atoms with E-state index in [1.807, 2.05) is 6.07 Å². The van der Waals surface area contributed by atoms with Gasteiger partial charge in [-0.3, -0.25) is 4.79 Å². The predicted octanol–water partition coefficient (Wildman–Crippen LogP) is 3.15. The van der Waals surface area contributed by atoms with Gasteiger partial charge in [0.1, 0.15) is 4.88 Å². The molecule has 6 nitrogen and oxygen atoms in total. The van der Waals surface area contributed by atoms with Gasteiger partial charge in [0.2, 0.25) is 6.79 Å². The number of hydrogen-bond donors (Lipinski definition) is 1. The van der Waals surface area contributed by atoms with Gasteiger partial charge in [0.05, 0.1) is 0 Å². The average Bonchev–Trinajstić information content (AvgIpc) is 3.29. The number of fused-ring (bicyclic) bond motifs is 2. The van der Waals surface area contributed by atoms with Crippen LogP contribution < -0.4 is 14.8 Å². The molecule has 2 aliphatic rings. The largest absolute Gasteiger partial charge is 0.454 e. The molecule has 1 aromatic carbocycles. The normalized spacial score (nSPS) is 15.6. The van der Waals surface area contributed by atoms with Crippen LogP contribution in [0.3, 0.4) is 0 Å². The maximum Gasteiger partial charge on any atom is 0.349 e. The van der Waals surface area contributed by atoms with E-state index in [1.165, 1.54) is 21.8 Å². The van der Waals surface area contributed by atoms with Gasteiger partial charge in [-0.15, -0.1) is 11.3 Å². The Morgan fingerprint density at radius 2 is 2.04 bits per heavy atom. The van der Waals surface area contributed by atoms with Crippen LogP contribution >= 0.6 is 11.3 Å². The number of thiophene rings is 1. The van der Waals surface area contributed by atoms with E-state index in [0.29, 0.717) is 22.1 Å². The molecule has 7 heteroatoms. The molecule has 2 heterocycles. The molecule has 0 bridgehead atoms. The van der Waals surface area contributed by atoms with Crippen molar-refractivity contribution in [1.82, 2.24) is 0 Å². The quantitative estimate of drug-likeness (QED) is 0.849. The van der Waals surface area contributed by atoms with E-state index in [2.05, 4.69) is 5.32 Å². The smallest absolute Gasteiger partial charge is 0.349 e. The van der Waals surface area contributed by atoms with Gasteiger partial charge >= 0.3 is 5.97 Å². The predicted molar refractivity (Wildman–Crippen MR) is 92.4 cm³/mol. The molecule has 1 aliphatic carbocycles. The second-order valence-electron chi connectivity index (χ2n) is 6.02. The van der Waals surface area contributed by atoms with Gasteiger partial charge in [-0.25, -0.2) is 4.79 Å². The molecule has 25 heavy (non-hydrogen) atoms. The van der Waals surface area contributed by atoms with Crippen LogP contribution in [0.4, 0.5) is 5.69 Å². The number of amides is 1. The van der Waals surface area contributed by atoms with Crippen LogP contribution in [0.5, 0.6) is 11.5 Å². The molecule has 0 saturated heterocycles.